The molecule has 1 aliphatic carbocycles. The van der Waals surface area contributed by atoms with E-state index in [2.05, 4.69) is 5.32 Å². The van der Waals surface area contributed by atoms with Crippen molar-refractivity contribution in [3.8, 4) is 0 Å². The van der Waals surface area contributed by atoms with Crippen molar-refractivity contribution in [1.29, 1.82) is 0 Å². The van der Waals surface area contributed by atoms with Crippen molar-refractivity contribution in [2.75, 3.05) is 6.61 Å². The average molecular weight is 362 g/mol. The molecule has 0 aromatic heterocycles. The third kappa shape index (κ3) is 4.43. The number of nitrogens with one attached hydrogen (secondary N) is 1. The SMILES string of the molecule is CC1=C(C(=O)OCC2CCCCC2)[C@H](c2ccc(Cl)cc2)CC(=O)N1. The van der Waals surface area contributed by atoms with E-state index in [1.165, 1.54) is 19.3 Å². The van der Waals surface area contributed by atoms with Crippen LogP contribution in [0.1, 0.15) is 56.9 Å². The summed E-state index contributed by atoms with van der Waals surface area (Å²) in [5.41, 5.74) is 2.05. The molecule has 1 fully saturated rings. The maximum absolute atomic E-state index is 12.8. The Labute approximate surface area is 153 Å². The van der Waals surface area contributed by atoms with Crippen LogP contribution in [0.4, 0.5) is 0 Å². The van der Waals surface area contributed by atoms with E-state index in [0.29, 0.717) is 28.8 Å². The number of esters is 1. The maximum atomic E-state index is 12.8. The van der Waals surface area contributed by atoms with Crippen molar-refractivity contribution in [2.24, 2.45) is 5.92 Å². The lowest BCUT2D eigenvalue weighted by Gasteiger charge is -2.27. The number of rotatable bonds is 4. The third-order valence-electron chi connectivity index (χ3n) is 5.14. The number of amides is 1. The first-order valence-electron chi connectivity index (χ1n) is 8.98. The molecule has 5 heteroatoms. The van der Waals surface area contributed by atoms with Gasteiger partial charge in [0.2, 0.25) is 5.91 Å². The maximum Gasteiger partial charge on any atom is 0.336 e. The van der Waals surface area contributed by atoms with Gasteiger partial charge >= 0.3 is 5.97 Å². The zero-order chi connectivity index (χ0) is 17.8. The van der Waals surface area contributed by atoms with Gasteiger partial charge in [-0.1, -0.05) is 43.0 Å². The van der Waals surface area contributed by atoms with E-state index in [0.717, 1.165) is 18.4 Å². The second kappa shape index (κ2) is 8.05. The van der Waals surface area contributed by atoms with Gasteiger partial charge in [-0.3, -0.25) is 4.79 Å². The molecule has 0 radical (unpaired) electrons. The number of carbonyl (C=O) groups excluding carboxylic acids is 2. The summed E-state index contributed by atoms with van der Waals surface area (Å²) in [6, 6.07) is 7.30. The Morgan fingerprint density at radius 2 is 1.88 bits per heavy atom. The second-order valence-electron chi connectivity index (χ2n) is 7.00. The molecule has 0 bridgehead atoms. The number of carbonyl (C=O) groups is 2. The van der Waals surface area contributed by atoms with E-state index < -0.39 is 0 Å². The molecular weight excluding hydrogens is 338 g/mol. The molecule has 0 saturated heterocycles. The first-order chi connectivity index (χ1) is 12.0. The Hall–Kier alpha value is -1.81. The Morgan fingerprint density at radius 3 is 2.56 bits per heavy atom. The van der Waals surface area contributed by atoms with Crippen molar-refractivity contribution >= 4 is 23.5 Å². The van der Waals surface area contributed by atoms with E-state index >= 15 is 0 Å². The average Bonchev–Trinajstić information content (AvgIpc) is 2.60. The lowest BCUT2D eigenvalue weighted by molar-refractivity contribution is -0.141. The molecule has 1 aromatic rings. The predicted molar refractivity (Wildman–Crippen MR) is 97.2 cm³/mol. The molecule has 2 aliphatic rings. The van der Waals surface area contributed by atoms with Crippen LogP contribution < -0.4 is 5.32 Å². The Bertz CT molecular complexity index is 675. The van der Waals surface area contributed by atoms with Crippen LogP contribution in [0, 0.1) is 5.92 Å². The van der Waals surface area contributed by atoms with Crippen LogP contribution in [0.2, 0.25) is 5.02 Å². The Kier molecular flexibility index (Phi) is 5.79. The van der Waals surface area contributed by atoms with Crippen molar-refractivity contribution < 1.29 is 14.3 Å². The van der Waals surface area contributed by atoms with Crippen molar-refractivity contribution in [3.05, 3.63) is 46.1 Å². The number of allylic oxidation sites excluding steroid dienone is 1. The minimum atomic E-state index is -0.317. The number of hydrogen-bond donors (Lipinski definition) is 1. The van der Waals surface area contributed by atoms with Gasteiger partial charge in [0.15, 0.2) is 0 Å². The van der Waals surface area contributed by atoms with Gasteiger partial charge in [-0.05, 0) is 43.4 Å². The van der Waals surface area contributed by atoms with Crippen LogP contribution in [-0.4, -0.2) is 18.5 Å². The lowest BCUT2D eigenvalue weighted by atomic mass is 9.84. The van der Waals surface area contributed by atoms with E-state index in [1.807, 2.05) is 12.1 Å². The van der Waals surface area contributed by atoms with E-state index in [9.17, 15) is 9.59 Å². The standard InChI is InChI=1S/C20H24ClNO3/c1-13-19(20(24)25-12-14-5-3-2-4-6-14)17(11-18(23)22-13)15-7-9-16(21)10-8-15/h7-10,14,17H,2-6,11-12H2,1H3,(H,22,23)/t17-/m0/s1. The highest BCUT2D eigenvalue weighted by atomic mass is 35.5. The molecule has 1 N–H and O–H groups in total. The number of hydrogen-bond acceptors (Lipinski definition) is 3. The van der Waals surface area contributed by atoms with Gasteiger partial charge in [-0.2, -0.15) is 0 Å². The van der Waals surface area contributed by atoms with Gasteiger partial charge in [0.25, 0.3) is 0 Å². The van der Waals surface area contributed by atoms with Crippen LogP contribution >= 0.6 is 11.6 Å². The zero-order valence-corrected chi connectivity index (χ0v) is 15.3. The summed E-state index contributed by atoms with van der Waals surface area (Å²) >= 11 is 5.96. The van der Waals surface area contributed by atoms with E-state index in [4.69, 9.17) is 16.3 Å². The molecule has 4 nitrogen and oxygen atoms in total. The van der Waals surface area contributed by atoms with Crippen LogP contribution in [0.3, 0.4) is 0 Å². The highest BCUT2D eigenvalue weighted by Crippen LogP contribution is 2.34. The zero-order valence-electron chi connectivity index (χ0n) is 14.5. The molecule has 1 aliphatic heterocycles. The van der Waals surface area contributed by atoms with Gasteiger partial charge in [0.05, 0.1) is 12.2 Å². The molecule has 1 saturated carbocycles. The molecule has 0 unspecified atom stereocenters. The van der Waals surface area contributed by atoms with E-state index in [1.54, 1.807) is 19.1 Å². The fourth-order valence-corrected chi connectivity index (χ4v) is 3.90. The van der Waals surface area contributed by atoms with Crippen LogP contribution in [0.5, 0.6) is 0 Å². The molecule has 1 heterocycles. The second-order valence-corrected chi connectivity index (χ2v) is 7.43. The van der Waals surface area contributed by atoms with Gasteiger partial charge < -0.3 is 10.1 Å². The minimum Gasteiger partial charge on any atom is -0.462 e. The van der Waals surface area contributed by atoms with Gasteiger partial charge in [0.1, 0.15) is 0 Å². The van der Waals surface area contributed by atoms with Crippen molar-refractivity contribution in [2.45, 2.75) is 51.4 Å². The van der Waals surface area contributed by atoms with Gasteiger partial charge in [-0.25, -0.2) is 4.79 Å². The van der Waals surface area contributed by atoms with Crippen LogP contribution in [0.15, 0.2) is 35.5 Å². The first kappa shape index (κ1) is 18.0. The normalized spacial score (nSPS) is 21.8. The minimum absolute atomic E-state index is 0.0821. The van der Waals surface area contributed by atoms with Crippen LogP contribution in [0.25, 0.3) is 0 Å². The summed E-state index contributed by atoms with van der Waals surface area (Å²) in [5.74, 6) is -0.222. The summed E-state index contributed by atoms with van der Waals surface area (Å²) in [7, 11) is 0. The summed E-state index contributed by atoms with van der Waals surface area (Å²) < 4.78 is 5.63. The molecule has 3 rings (SSSR count). The molecule has 134 valence electrons. The third-order valence-corrected chi connectivity index (χ3v) is 5.39. The van der Waals surface area contributed by atoms with Gasteiger partial charge in [-0.15, -0.1) is 0 Å². The molecule has 1 aromatic carbocycles. The van der Waals surface area contributed by atoms with Crippen molar-refractivity contribution in [3.63, 3.8) is 0 Å². The lowest BCUT2D eigenvalue weighted by Crippen LogP contribution is -2.34. The number of halogens is 1. The summed E-state index contributed by atoms with van der Waals surface area (Å²) in [5, 5.41) is 3.40. The van der Waals surface area contributed by atoms with E-state index in [-0.39, 0.29) is 24.2 Å². The number of benzene rings is 1. The molecular formula is C20H24ClNO3. The highest BCUT2D eigenvalue weighted by Gasteiger charge is 2.33. The summed E-state index contributed by atoms with van der Waals surface area (Å²) in [6.07, 6.45) is 6.21. The number of ether oxygens (including phenoxy) is 1. The fourth-order valence-electron chi connectivity index (χ4n) is 3.78. The first-order valence-corrected chi connectivity index (χ1v) is 9.35. The molecule has 0 spiro atoms. The van der Waals surface area contributed by atoms with Gasteiger partial charge in [0, 0.05) is 23.1 Å². The highest BCUT2D eigenvalue weighted by molar-refractivity contribution is 6.30. The predicted octanol–water partition coefficient (Wildman–Crippen LogP) is 4.34. The van der Waals surface area contributed by atoms with Crippen LogP contribution in [-0.2, 0) is 14.3 Å². The fraction of sp³-hybridized carbons (Fsp3) is 0.500. The molecule has 1 amide bonds. The Morgan fingerprint density at radius 1 is 1.20 bits per heavy atom. The smallest absolute Gasteiger partial charge is 0.336 e. The Balaban J connectivity index is 1.76. The quantitative estimate of drug-likeness (QED) is 0.811. The topological polar surface area (TPSA) is 55.4 Å². The largest absolute Gasteiger partial charge is 0.462 e. The molecule has 1 atom stereocenters. The van der Waals surface area contributed by atoms with Crippen molar-refractivity contribution in [1.82, 2.24) is 5.32 Å². The summed E-state index contributed by atoms with van der Waals surface area (Å²) in [4.78, 5) is 24.7. The summed E-state index contributed by atoms with van der Waals surface area (Å²) in [6.45, 7) is 2.23. The monoisotopic (exact) mass is 361 g/mol. The molecule has 25 heavy (non-hydrogen) atoms.